The second kappa shape index (κ2) is 4.52. The van der Waals surface area contributed by atoms with Gasteiger partial charge in [-0.25, -0.2) is 0 Å². The van der Waals surface area contributed by atoms with Crippen molar-refractivity contribution in [2.45, 2.75) is 26.1 Å². The van der Waals surface area contributed by atoms with Crippen LogP contribution in [0.2, 0.25) is 5.02 Å². The highest BCUT2D eigenvalue weighted by Gasteiger charge is 2.23. The van der Waals surface area contributed by atoms with Crippen molar-refractivity contribution >= 4 is 23.0 Å². The number of halogens is 1. The topological polar surface area (TPSA) is 38.5 Å². The molecule has 4 heteroatoms. The normalized spacial score (nSPS) is 25.8. The third kappa shape index (κ3) is 2.42. The number of nitrogens with zero attached hydrogens (tertiary/aromatic N) is 1. The summed E-state index contributed by atoms with van der Waals surface area (Å²) in [6.45, 7) is 5.90. The highest BCUT2D eigenvalue weighted by atomic mass is 35.5. The number of nitrogens with two attached hydrogens (primary N) is 1. The molecule has 1 heterocycles. The van der Waals surface area contributed by atoms with Crippen molar-refractivity contribution in [3.05, 3.63) is 23.2 Å². The molecule has 0 unspecified atom stereocenters. The summed E-state index contributed by atoms with van der Waals surface area (Å²) in [5, 5.41) is 0.676. The van der Waals surface area contributed by atoms with Crippen LogP contribution in [0.5, 0.6) is 0 Å². The monoisotopic (exact) mass is 240 g/mol. The minimum absolute atomic E-state index is 0.235. The summed E-state index contributed by atoms with van der Waals surface area (Å²) < 4.78 is 5.69. The van der Waals surface area contributed by atoms with Crippen LogP contribution in [0.25, 0.3) is 0 Å². The van der Waals surface area contributed by atoms with E-state index in [4.69, 9.17) is 22.1 Å². The van der Waals surface area contributed by atoms with Crippen LogP contribution in [0.15, 0.2) is 18.2 Å². The van der Waals surface area contributed by atoms with Crippen LogP contribution in [0.4, 0.5) is 11.4 Å². The minimum atomic E-state index is 0.235. The maximum Gasteiger partial charge on any atom is 0.0726 e. The molecule has 0 aliphatic carbocycles. The van der Waals surface area contributed by atoms with Crippen LogP contribution in [0.1, 0.15) is 13.8 Å². The number of morpholine rings is 1. The van der Waals surface area contributed by atoms with Gasteiger partial charge in [0.1, 0.15) is 0 Å². The molecule has 0 bridgehead atoms. The standard InChI is InChI=1S/C12H17ClN2O/c1-8-6-15(7-9(2)16-8)12-4-3-10(13)5-11(12)14/h3-5,8-9H,6-7,14H2,1-2H3/t8-,9-/m0/s1. The zero-order valence-electron chi connectivity index (χ0n) is 9.61. The van der Waals surface area contributed by atoms with E-state index in [1.165, 1.54) is 0 Å². The number of benzene rings is 1. The zero-order chi connectivity index (χ0) is 11.7. The molecule has 0 radical (unpaired) electrons. The summed E-state index contributed by atoms with van der Waals surface area (Å²) in [6, 6.07) is 5.64. The van der Waals surface area contributed by atoms with E-state index in [0.717, 1.165) is 24.5 Å². The quantitative estimate of drug-likeness (QED) is 0.767. The summed E-state index contributed by atoms with van der Waals surface area (Å²) in [4.78, 5) is 2.25. The second-order valence-electron chi connectivity index (χ2n) is 4.37. The van der Waals surface area contributed by atoms with E-state index in [1.54, 1.807) is 6.07 Å². The first-order valence-electron chi connectivity index (χ1n) is 5.51. The molecular formula is C12H17ClN2O. The number of anilines is 2. The summed E-state index contributed by atoms with van der Waals surface area (Å²) in [6.07, 6.45) is 0.470. The predicted octanol–water partition coefficient (Wildman–Crippen LogP) is 2.54. The Morgan fingerprint density at radius 2 is 1.94 bits per heavy atom. The van der Waals surface area contributed by atoms with Gasteiger partial charge in [-0.2, -0.15) is 0 Å². The maximum atomic E-state index is 5.98. The van der Waals surface area contributed by atoms with Crippen LogP contribution in [-0.4, -0.2) is 25.3 Å². The Morgan fingerprint density at radius 1 is 1.31 bits per heavy atom. The molecule has 1 saturated heterocycles. The van der Waals surface area contributed by atoms with Crippen LogP contribution in [0.3, 0.4) is 0 Å². The Hall–Kier alpha value is -0.930. The molecule has 2 N–H and O–H groups in total. The van der Waals surface area contributed by atoms with Crippen molar-refractivity contribution in [2.24, 2.45) is 0 Å². The molecule has 2 rings (SSSR count). The van der Waals surface area contributed by atoms with Gasteiger partial charge >= 0.3 is 0 Å². The average Bonchev–Trinajstić information content (AvgIpc) is 2.15. The maximum absolute atomic E-state index is 5.98. The molecule has 16 heavy (non-hydrogen) atoms. The first-order chi connectivity index (χ1) is 7.56. The summed E-state index contributed by atoms with van der Waals surface area (Å²) in [7, 11) is 0. The Balaban J connectivity index is 2.23. The van der Waals surface area contributed by atoms with E-state index >= 15 is 0 Å². The molecule has 3 nitrogen and oxygen atoms in total. The fraction of sp³-hybridized carbons (Fsp3) is 0.500. The van der Waals surface area contributed by atoms with Crippen LogP contribution < -0.4 is 10.6 Å². The fourth-order valence-corrected chi connectivity index (χ4v) is 2.37. The summed E-state index contributed by atoms with van der Waals surface area (Å²) in [5.74, 6) is 0. The van der Waals surface area contributed by atoms with Crippen molar-refractivity contribution in [3.63, 3.8) is 0 Å². The van der Waals surface area contributed by atoms with E-state index in [2.05, 4.69) is 18.7 Å². The molecular weight excluding hydrogens is 224 g/mol. The third-order valence-corrected chi connectivity index (χ3v) is 2.98. The van der Waals surface area contributed by atoms with Crippen molar-refractivity contribution in [2.75, 3.05) is 23.7 Å². The average molecular weight is 241 g/mol. The second-order valence-corrected chi connectivity index (χ2v) is 4.80. The van der Waals surface area contributed by atoms with Gasteiger partial charge in [-0.05, 0) is 32.0 Å². The lowest BCUT2D eigenvalue weighted by molar-refractivity contribution is -0.00517. The smallest absolute Gasteiger partial charge is 0.0726 e. The van der Waals surface area contributed by atoms with E-state index in [9.17, 15) is 0 Å². The Morgan fingerprint density at radius 3 is 2.50 bits per heavy atom. The van der Waals surface area contributed by atoms with Gasteiger partial charge in [-0.15, -0.1) is 0 Å². The minimum Gasteiger partial charge on any atom is -0.397 e. The van der Waals surface area contributed by atoms with Gasteiger partial charge in [0.25, 0.3) is 0 Å². The molecule has 0 spiro atoms. The van der Waals surface area contributed by atoms with Gasteiger partial charge in [0, 0.05) is 18.1 Å². The van der Waals surface area contributed by atoms with Gasteiger partial charge in [-0.1, -0.05) is 11.6 Å². The van der Waals surface area contributed by atoms with E-state index in [-0.39, 0.29) is 12.2 Å². The first-order valence-corrected chi connectivity index (χ1v) is 5.89. The van der Waals surface area contributed by atoms with Crippen LogP contribution in [-0.2, 0) is 4.74 Å². The van der Waals surface area contributed by atoms with Crippen molar-refractivity contribution < 1.29 is 4.74 Å². The van der Waals surface area contributed by atoms with E-state index in [1.807, 2.05) is 12.1 Å². The van der Waals surface area contributed by atoms with Gasteiger partial charge in [0.2, 0.25) is 0 Å². The molecule has 1 fully saturated rings. The lowest BCUT2D eigenvalue weighted by Crippen LogP contribution is -2.45. The van der Waals surface area contributed by atoms with Gasteiger partial charge in [0.15, 0.2) is 0 Å². The Kier molecular flexibility index (Phi) is 3.26. The van der Waals surface area contributed by atoms with Gasteiger partial charge in [-0.3, -0.25) is 0 Å². The van der Waals surface area contributed by atoms with Crippen LogP contribution >= 0.6 is 11.6 Å². The lowest BCUT2D eigenvalue weighted by atomic mass is 10.2. The van der Waals surface area contributed by atoms with Crippen molar-refractivity contribution in [1.29, 1.82) is 0 Å². The van der Waals surface area contributed by atoms with Crippen molar-refractivity contribution in [3.8, 4) is 0 Å². The summed E-state index contributed by atoms with van der Waals surface area (Å²) in [5.41, 5.74) is 7.75. The molecule has 1 aromatic carbocycles. The Bertz CT molecular complexity index is 373. The first kappa shape index (κ1) is 11.6. The van der Waals surface area contributed by atoms with Gasteiger partial charge in [0.05, 0.1) is 23.6 Å². The zero-order valence-corrected chi connectivity index (χ0v) is 10.4. The number of rotatable bonds is 1. The molecule has 0 saturated carbocycles. The number of nitrogen functional groups attached to an aromatic ring is 1. The third-order valence-electron chi connectivity index (χ3n) is 2.75. The molecule has 1 aromatic rings. The highest BCUT2D eigenvalue weighted by Crippen LogP contribution is 2.28. The number of hydrogen-bond donors (Lipinski definition) is 1. The molecule has 88 valence electrons. The molecule has 0 amide bonds. The molecule has 0 aromatic heterocycles. The molecule has 2 atom stereocenters. The van der Waals surface area contributed by atoms with Gasteiger partial charge < -0.3 is 15.4 Å². The molecule has 1 aliphatic rings. The number of ether oxygens (including phenoxy) is 1. The van der Waals surface area contributed by atoms with E-state index < -0.39 is 0 Å². The Labute approximate surface area is 101 Å². The molecule has 1 aliphatic heterocycles. The SMILES string of the molecule is C[C@H]1CN(c2ccc(Cl)cc2N)C[C@H](C)O1. The lowest BCUT2D eigenvalue weighted by Gasteiger charge is -2.37. The summed E-state index contributed by atoms with van der Waals surface area (Å²) >= 11 is 5.89. The number of hydrogen-bond acceptors (Lipinski definition) is 3. The predicted molar refractivity (Wildman–Crippen MR) is 68.1 cm³/mol. The largest absolute Gasteiger partial charge is 0.397 e. The fourth-order valence-electron chi connectivity index (χ4n) is 2.19. The van der Waals surface area contributed by atoms with E-state index in [0.29, 0.717) is 5.02 Å². The highest BCUT2D eigenvalue weighted by molar-refractivity contribution is 6.31. The van der Waals surface area contributed by atoms with Crippen molar-refractivity contribution in [1.82, 2.24) is 0 Å². The van der Waals surface area contributed by atoms with Crippen LogP contribution in [0, 0.1) is 0 Å².